The topological polar surface area (TPSA) is 92.1 Å². The van der Waals surface area contributed by atoms with Crippen molar-refractivity contribution in [3.05, 3.63) is 46.5 Å². The van der Waals surface area contributed by atoms with E-state index in [0.29, 0.717) is 29.1 Å². The first kappa shape index (κ1) is 18.3. The number of urea groups is 1. The van der Waals surface area contributed by atoms with Crippen molar-refractivity contribution in [1.29, 1.82) is 0 Å². The fraction of sp³-hybridized carbons (Fsp3) is 0.278. The maximum absolute atomic E-state index is 13.1. The lowest BCUT2D eigenvalue weighted by atomic mass is 10.1. The summed E-state index contributed by atoms with van der Waals surface area (Å²) in [6.45, 7) is 1.59. The lowest BCUT2D eigenvalue weighted by Gasteiger charge is -2.40. The molecule has 0 aliphatic carbocycles. The number of amides is 2. The highest BCUT2D eigenvalue weighted by Crippen LogP contribution is 2.43. The fourth-order valence-corrected chi connectivity index (χ4v) is 4.67. The van der Waals surface area contributed by atoms with Crippen molar-refractivity contribution in [1.82, 2.24) is 25.0 Å². The predicted molar refractivity (Wildman–Crippen MR) is 113 cm³/mol. The van der Waals surface area contributed by atoms with Crippen molar-refractivity contribution >= 4 is 50.6 Å². The number of carbonyl (C=O) groups is 1. The summed E-state index contributed by atoms with van der Waals surface area (Å²) in [7, 11) is 0. The van der Waals surface area contributed by atoms with Crippen LogP contribution >= 0.6 is 27.5 Å². The van der Waals surface area contributed by atoms with Crippen LogP contribution in [0.25, 0.3) is 5.82 Å². The molecular formula is C18H16BrClN8O. The Kier molecular flexibility index (Phi) is 4.59. The quantitative estimate of drug-likeness (QED) is 0.610. The molecule has 148 valence electrons. The number of anilines is 3. The van der Waals surface area contributed by atoms with Crippen molar-refractivity contribution in [3.8, 4) is 5.82 Å². The van der Waals surface area contributed by atoms with Gasteiger partial charge in [0.15, 0.2) is 5.82 Å². The van der Waals surface area contributed by atoms with Gasteiger partial charge in [-0.05, 0) is 34.8 Å². The molecule has 0 bridgehead atoms. The number of nitrogens with one attached hydrogen (secondary N) is 1. The Morgan fingerprint density at radius 1 is 1.24 bits per heavy atom. The van der Waals surface area contributed by atoms with Crippen molar-refractivity contribution in [2.24, 2.45) is 0 Å². The number of rotatable bonds is 2. The molecule has 0 saturated carbocycles. The highest BCUT2D eigenvalue weighted by Gasteiger charge is 2.37. The number of pyridine rings is 2. The summed E-state index contributed by atoms with van der Waals surface area (Å²) in [5, 5.41) is 11.3. The average Bonchev–Trinajstić information content (AvgIpc) is 3.39. The molecule has 5 heterocycles. The normalized spacial score (nSPS) is 17.8. The van der Waals surface area contributed by atoms with Crippen molar-refractivity contribution < 1.29 is 4.79 Å². The van der Waals surface area contributed by atoms with E-state index in [0.717, 1.165) is 35.2 Å². The lowest BCUT2D eigenvalue weighted by molar-refractivity contribution is 0.256. The molecule has 11 heteroatoms. The first-order valence-electron chi connectivity index (χ1n) is 9.12. The molecule has 2 amide bonds. The van der Waals surface area contributed by atoms with E-state index in [2.05, 4.69) is 46.3 Å². The van der Waals surface area contributed by atoms with Crippen LogP contribution in [-0.4, -0.2) is 50.1 Å². The van der Waals surface area contributed by atoms with Crippen LogP contribution in [0, 0.1) is 0 Å². The largest absolute Gasteiger partial charge is 0.364 e. The second kappa shape index (κ2) is 7.27. The highest BCUT2D eigenvalue weighted by atomic mass is 79.9. The second-order valence-corrected chi connectivity index (χ2v) is 8.13. The lowest BCUT2D eigenvalue weighted by Crippen LogP contribution is -2.49. The molecule has 2 aliphatic rings. The zero-order chi connectivity index (χ0) is 20.0. The monoisotopic (exact) mass is 474 g/mol. The van der Waals surface area contributed by atoms with Crippen LogP contribution in [0.15, 0.2) is 41.5 Å². The van der Waals surface area contributed by atoms with Crippen LogP contribution in [0.3, 0.4) is 0 Å². The summed E-state index contributed by atoms with van der Waals surface area (Å²) in [4.78, 5) is 27.1. The highest BCUT2D eigenvalue weighted by molar-refractivity contribution is 9.10. The third kappa shape index (κ3) is 3.22. The van der Waals surface area contributed by atoms with Gasteiger partial charge < -0.3 is 10.2 Å². The van der Waals surface area contributed by atoms with E-state index < -0.39 is 0 Å². The molecule has 0 spiro atoms. The number of halogens is 2. The van der Waals surface area contributed by atoms with Crippen LogP contribution in [0.1, 0.15) is 12.8 Å². The number of aromatic nitrogens is 5. The van der Waals surface area contributed by atoms with Crippen LogP contribution in [0.2, 0.25) is 5.02 Å². The predicted octanol–water partition coefficient (Wildman–Crippen LogP) is 3.49. The number of hydrogen-bond acceptors (Lipinski definition) is 6. The minimum atomic E-state index is -0.250. The van der Waals surface area contributed by atoms with Crippen LogP contribution in [-0.2, 0) is 0 Å². The minimum absolute atomic E-state index is 0.250. The molecular weight excluding hydrogens is 460 g/mol. The fourth-order valence-electron chi connectivity index (χ4n) is 3.88. The van der Waals surface area contributed by atoms with E-state index >= 15 is 0 Å². The van der Waals surface area contributed by atoms with Gasteiger partial charge in [0.05, 0.1) is 51.3 Å². The van der Waals surface area contributed by atoms with Gasteiger partial charge in [0.1, 0.15) is 0 Å². The molecule has 1 atom stereocenters. The van der Waals surface area contributed by atoms with E-state index in [1.54, 1.807) is 35.8 Å². The Labute approximate surface area is 179 Å². The van der Waals surface area contributed by atoms with Gasteiger partial charge in [-0.25, -0.2) is 9.78 Å². The van der Waals surface area contributed by atoms with Gasteiger partial charge in [-0.15, -0.1) is 4.80 Å². The molecule has 0 radical (unpaired) electrons. The molecule has 29 heavy (non-hydrogen) atoms. The molecule has 3 aromatic heterocycles. The van der Waals surface area contributed by atoms with Crippen LogP contribution in [0.5, 0.6) is 0 Å². The van der Waals surface area contributed by atoms with E-state index in [-0.39, 0.29) is 6.03 Å². The van der Waals surface area contributed by atoms with E-state index in [1.807, 2.05) is 0 Å². The second-order valence-electron chi connectivity index (χ2n) is 6.87. The van der Waals surface area contributed by atoms with Crippen LogP contribution < -0.4 is 15.1 Å². The SMILES string of the molecule is O=C(Nc1cnc(-n2nccn2)c(Cl)c1)N1CC2CCCN2c2c(Br)cncc21. The summed E-state index contributed by atoms with van der Waals surface area (Å²) < 4.78 is 0.889. The maximum Gasteiger partial charge on any atom is 0.326 e. The average molecular weight is 476 g/mol. The molecule has 1 saturated heterocycles. The third-order valence-corrected chi connectivity index (χ3v) is 5.99. The Balaban J connectivity index is 1.42. The Bertz CT molecular complexity index is 1080. The molecule has 0 aromatic carbocycles. The molecule has 1 unspecified atom stereocenters. The van der Waals surface area contributed by atoms with Crippen molar-refractivity contribution in [3.63, 3.8) is 0 Å². The summed E-state index contributed by atoms with van der Waals surface area (Å²) >= 11 is 9.91. The zero-order valence-electron chi connectivity index (χ0n) is 15.2. The molecule has 9 nitrogen and oxygen atoms in total. The molecule has 1 N–H and O–H groups in total. The maximum atomic E-state index is 13.1. The summed E-state index contributed by atoms with van der Waals surface area (Å²) in [5.41, 5.74) is 2.29. The summed E-state index contributed by atoms with van der Waals surface area (Å²) in [5.74, 6) is 0.396. The van der Waals surface area contributed by atoms with Gasteiger partial charge in [-0.1, -0.05) is 11.6 Å². The molecule has 2 aliphatic heterocycles. The number of nitrogens with zero attached hydrogens (tertiary/aromatic N) is 7. The van der Waals surface area contributed by atoms with Gasteiger partial charge in [0.2, 0.25) is 0 Å². The van der Waals surface area contributed by atoms with Gasteiger partial charge in [-0.3, -0.25) is 9.88 Å². The Morgan fingerprint density at radius 2 is 2.07 bits per heavy atom. The Hall–Kier alpha value is -2.72. The minimum Gasteiger partial charge on any atom is -0.364 e. The number of fused-ring (bicyclic) bond motifs is 3. The molecule has 3 aromatic rings. The van der Waals surface area contributed by atoms with Gasteiger partial charge in [0.25, 0.3) is 0 Å². The number of carbonyl (C=O) groups excluding carboxylic acids is 1. The Morgan fingerprint density at radius 3 is 2.86 bits per heavy atom. The number of hydrogen-bond donors (Lipinski definition) is 1. The first-order chi connectivity index (χ1) is 14.1. The van der Waals surface area contributed by atoms with Gasteiger partial charge in [0, 0.05) is 25.3 Å². The van der Waals surface area contributed by atoms with Crippen molar-refractivity contribution in [2.45, 2.75) is 18.9 Å². The van der Waals surface area contributed by atoms with Gasteiger partial charge >= 0.3 is 6.03 Å². The van der Waals surface area contributed by atoms with Gasteiger partial charge in [-0.2, -0.15) is 10.2 Å². The first-order valence-corrected chi connectivity index (χ1v) is 10.3. The van der Waals surface area contributed by atoms with Crippen LogP contribution in [0.4, 0.5) is 21.9 Å². The van der Waals surface area contributed by atoms with E-state index in [4.69, 9.17) is 11.6 Å². The third-order valence-electron chi connectivity index (χ3n) is 5.13. The zero-order valence-corrected chi connectivity index (χ0v) is 17.5. The van der Waals surface area contributed by atoms with E-state index in [9.17, 15) is 4.79 Å². The molecule has 1 fully saturated rings. The van der Waals surface area contributed by atoms with Crippen molar-refractivity contribution in [2.75, 3.05) is 28.2 Å². The molecule has 5 rings (SSSR count). The smallest absolute Gasteiger partial charge is 0.326 e. The standard InChI is InChI=1S/C18H16BrClN8O/c19-13-8-21-9-15-16(13)26-5-1-2-12(26)10-27(15)18(29)25-11-6-14(20)17(22-7-11)28-23-3-4-24-28/h3-4,6-9,12H,1-2,5,10H2,(H,25,29). The van der Waals surface area contributed by atoms with E-state index in [1.165, 1.54) is 11.0 Å². The summed E-state index contributed by atoms with van der Waals surface area (Å²) in [6, 6.07) is 1.68. The summed E-state index contributed by atoms with van der Waals surface area (Å²) in [6.07, 6.45) is 10.3.